The lowest BCUT2D eigenvalue weighted by Gasteiger charge is -2.33. The Labute approximate surface area is 254 Å². The minimum absolute atomic E-state index is 0.0546. The maximum absolute atomic E-state index is 14.3. The SMILES string of the molecule is CNC(=O)C(Cc1ccccc1)N(Cc1ccc(C)cc1)C(=O)CN(c1ccc(OC)cc1)S(=O)(=O)c1ccc(C)cc1. The van der Waals surface area contributed by atoms with Gasteiger partial charge in [-0.25, -0.2) is 8.42 Å². The van der Waals surface area contributed by atoms with Gasteiger partial charge in [0.1, 0.15) is 18.3 Å². The second-order valence-corrected chi connectivity index (χ2v) is 12.2. The fraction of sp³-hybridized carbons (Fsp3) is 0.235. The number of likely N-dealkylation sites (N-methyl/N-ethyl adjacent to an activating group) is 1. The summed E-state index contributed by atoms with van der Waals surface area (Å²) in [7, 11) is -1.11. The van der Waals surface area contributed by atoms with Crippen LogP contribution in [0.4, 0.5) is 5.69 Å². The number of anilines is 1. The molecule has 0 aromatic heterocycles. The Hall–Kier alpha value is -4.63. The molecular formula is C34H37N3O5S. The van der Waals surface area contributed by atoms with Crippen LogP contribution in [0.25, 0.3) is 0 Å². The molecule has 0 aliphatic rings. The molecule has 0 saturated carbocycles. The third kappa shape index (κ3) is 7.81. The van der Waals surface area contributed by atoms with Gasteiger partial charge in [0.2, 0.25) is 11.8 Å². The number of carbonyl (C=O) groups is 2. The molecular weight excluding hydrogens is 562 g/mol. The standard InChI is InChI=1S/C34H37N3O5S/c1-25-10-14-28(15-11-25)23-36(32(34(39)35-3)22-27-8-6-5-7-9-27)33(38)24-37(29-16-18-30(42-4)19-17-29)43(40,41)31-20-12-26(2)13-21-31/h5-21,32H,22-24H2,1-4H3,(H,35,39). The highest BCUT2D eigenvalue weighted by atomic mass is 32.2. The number of ether oxygens (including phenoxy) is 1. The average molecular weight is 600 g/mol. The summed E-state index contributed by atoms with van der Waals surface area (Å²) < 4.78 is 34.4. The Bertz CT molecular complexity index is 1620. The van der Waals surface area contributed by atoms with Crippen molar-refractivity contribution in [1.82, 2.24) is 10.2 Å². The van der Waals surface area contributed by atoms with Crippen molar-refractivity contribution in [2.24, 2.45) is 0 Å². The van der Waals surface area contributed by atoms with Crippen LogP contribution < -0.4 is 14.4 Å². The van der Waals surface area contributed by atoms with Crippen LogP contribution in [0.2, 0.25) is 0 Å². The van der Waals surface area contributed by atoms with Gasteiger partial charge in [0.25, 0.3) is 10.0 Å². The summed E-state index contributed by atoms with van der Waals surface area (Å²) in [5.41, 5.74) is 3.95. The van der Waals surface area contributed by atoms with Crippen molar-refractivity contribution in [2.45, 2.75) is 37.8 Å². The molecule has 0 fully saturated rings. The van der Waals surface area contributed by atoms with Gasteiger partial charge in [-0.1, -0.05) is 77.9 Å². The predicted octanol–water partition coefficient (Wildman–Crippen LogP) is 4.89. The number of rotatable bonds is 12. The van der Waals surface area contributed by atoms with Gasteiger partial charge in [0.15, 0.2) is 0 Å². The minimum atomic E-state index is -4.16. The normalized spacial score (nSPS) is 11.8. The molecule has 0 saturated heterocycles. The molecule has 4 aromatic carbocycles. The second-order valence-electron chi connectivity index (χ2n) is 10.3. The number of nitrogens with one attached hydrogen (secondary N) is 1. The third-order valence-corrected chi connectivity index (χ3v) is 9.03. The minimum Gasteiger partial charge on any atom is -0.497 e. The molecule has 0 aliphatic carbocycles. The fourth-order valence-electron chi connectivity index (χ4n) is 4.73. The smallest absolute Gasteiger partial charge is 0.264 e. The van der Waals surface area contributed by atoms with Crippen LogP contribution in [0.15, 0.2) is 108 Å². The molecule has 1 atom stereocenters. The number of benzene rings is 4. The topological polar surface area (TPSA) is 96.0 Å². The quantitative estimate of drug-likeness (QED) is 0.250. The number of methoxy groups -OCH3 is 1. The summed E-state index contributed by atoms with van der Waals surface area (Å²) in [6.45, 7) is 3.44. The number of aryl methyl sites for hydroxylation is 2. The number of amides is 2. The van der Waals surface area contributed by atoms with E-state index in [1.54, 1.807) is 36.4 Å². The molecule has 1 unspecified atom stereocenters. The van der Waals surface area contributed by atoms with E-state index in [2.05, 4.69) is 5.32 Å². The molecule has 0 spiro atoms. The Morgan fingerprint density at radius 2 is 1.37 bits per heavy atom. The van der Waals surface area contributed by atoms with Crippen molar-refractivity contribution < 1.29 is 22.7 Å². The van der Waals surface area contributed by atoms with Crippen LogP contribution in [0.3, 0.4) is 0 Å². The lowest BCUT2D eigenvalue weighted by atomic mass is 10.0. The van der Waals surface area contributed by atoms with Gasteiger partial charge in [-0.05, 0) is 61.4 Å². The Kier molecular flexibility index (Phi) is 10.2. The molecule has 4 rings (SSSR count). The zero-order valence-corrected chi connectivity index (χ0v) is 25.7. The summed E-state index contributed by atoms with van der Waals surface area (Å²) >= 11 is 0. The number of nitrogens with zero attached hydrogens (tertiary/aromatic N) is 2. The fourth-order valence-corrected chi connectivity index (χ4v) is 6.14. The highest BCUT2D eigenvalue weighted by Gasteiger charge is 2.34. The van der Waals surface area contributed by atoms with Gasteiger partial charge < -0.3 is 15.0 Å². The van der Waals surface area contributed by atoms with Gasteiger partial charge in [0, 0.05) is 20.0 Å². The Morgan fingerprint density at radius 1 is 0.791 bits per heavy atom. The van der Waals surface area contributed by atoms with Crippen LogP contribution >= 0.6 is 0 Å². The summed E-state index contributed by atoms with van der Waals surface area (Å²) in [5.74, 6) is -0.315. The van der Waals surface area contributed by atoms with Crippen LogP contribution in [-0.4, -0.2) is 51.9 Å². The largest absolute Gasteiger partial charge is 0.497 e. The third-order valence-electron chi connectivity index (χ3n) is 7.24. The summed E-state index contributed by atoms with van der Waals surface area (Å²) in [4.78, 5) is 29.2. The predicted molar refractivity (Wildman–Crippen MR) is 168 cm³/mol. The van der Waals surface area contributed by atoms with E-state index in [0.717, 1.165) is 26.6 Å². The maximum atomic E-state index is 14.3. The molecule has 1 N–H and O–H groups in total. The second kappa shape index (κ2) is 14.0. The van der Waals surface area contributed by atoms with Crippen molar-refractivity contribution in [3.05, 3.63) is 125 Å². The molecule has 8 nitrogen and oxygen atoms in total. The molecule has 0 bridgehead atoms. The Morgan fingerprint density at radius 3 is 1.93 bits per heavy atom. The molecule has 0 heterocycles. The van der Waals surface area contributed by atoms with E-state index in [-0.39, 0.29) is 23.8 Å². The van der Waals surface area contributed by atoms with E-state index < -0.39 is 28.5 Å². The first-order chi connectivity index (χ1) is 20.6. The van der Waals surface area contributed by atoms with Gasteiger partial charge in [-0.3, -0.25) is 13.9 Å². The first-order valence-corrected chi connectivity index (χ1v) is 15.4. The highest BCUT2D eigenvalue weighted by Crippen LogP contribution is 2.27. The van der Waals surface area contributed by atoms with Gasteiger partial charge in [0.05, 0.1) is 17.7 Å². The number of carbonyl (C=O) groups excluding carboxylic acids is 2. The summed E-state index contributed by atoms with van der Waals surface area (Å²) in [5, 5.41) is 2.70. The van der Waals surface area contributed by atoms with E-state index in [4.69, 9.17) is 4.74 Å². The first kappa shape index (κ1) is 31.3. The van der Waals surface area contributed by atoms with E-state index in [1.165, 1.54) is 31.2 Å². The van der Waals surface area contributed by atoms with E-state index in [1.807, 2.05) is 68.4 Å². The zero-order chi connectivity index (χ0) is 31.0. The summed E-state index contributed by atoms with van der Waals surface area (Å²) in [6.07, 6.45) is 0.255. The molecule has 224 valence electrons. The number of hydrogen-bond donors (Lipinski definition) is 1. The van der Waals surface area contributed by atoms with E-state index in [9.17, 15) is 18.0 Å². The number of hydrogen-bond acceptors (Lipinski definition) is 5. The van der Waals surface area contributed by atoms with Crippen molar-refractivity contribution in [3.63, 3.8) is 0 Å². The molecule has 9 heteroatoms. The molecule has 2 amide bonds. The first-order valence-electron chi connectivity index (χ1n) is 14.0. The molecule has 0 radical (unpaired) electrons. The van der Waals surface area contributed by atoms with Crippen LogP contribution in [0, 0.1) is 13.8 Å². The van der Waals surface area contributed by atoms with E-state index in [0.29, 0.717) is 11.4 Å². The van der Waals surface area contributed by atoms with Crippen molar-refractivity contribution >= 4 is 27.5 Å². The van der Waals surface area contributed by atoms with Gasteiger partial charge >= 0.3 is 0 Å². The number of sulfonamides is 1. The lowest BCUT2D eigenvalue weighted by molar-refractivity contribution is -0.139. The molecule has 43 heavy (non-hydrogen) atoms. The van der Waals surface area contributed by atoms with Gasteiger partial charge in [-0.2, -0.15) is 0 Å². The zero-order valence-electron chi connectivity index (χ0n) is 24.9. The highest BCUT2D eigenvalue weighted by molar-refractivity contribution is 7.92. The van der Waals surface area contributed by atoms with Gasteiger partial charge in [-0.15, -0.1) is 0 Å². The van der Waals surface area contributed by atoms with E-state index >= 15 is 0 Å². The average Bonchev–Trinajstić information content (AvgIpc) is 3.02. The van der Waals surface area contributed by atoms with Crippen molar-refractivity contribution in [2.75, 3.05) is 25.0 Å². The van der Waals surface area contributed by atoms with Crippen LogP contribution in [-0.2, 0) is 32.6 Å². The van der Waals surface area contributed by atoms with Crippen LogP contribution in [0.1, 0.15) is 22.3 Å². The van der Waals surface area contributed by atoms with Crippen molar-refractivity contribution in [3.8, 4) is 5.75 Å². The van der Waals surface area contributed by atoms with Crippen LogP contribution in [0.5, 0.6) is 5.75 Å². The molecule has 4 aromatic rings. The lowest BCUT2D eigenvalue weighted by Crippen LogP contribution is -2.53. The summed E-state index contributed by atoms with van der Waals surface area (Å²) in [6, 6.07) is 29.2. The monoisotopic (exact) mass is 599 g/mol. The maximum Gasteiger partial charge on any atom is 0.264 e. The Balaban J connectivity index is 1.78. The molecule has 0 aliphatic heterocycles. The van der Waals surface area contributed by atoms with Crippen molar-refractivity contribution in [1.29, 1.82) is 0 Å².